The van der Waals surface area contributed by atoms with Crippen LogP contribution in [0.15, 0.2) is 6.33 Å². The van der Waals surface area contributed by atoms with E-state index in [-0.39, 0.29) is 0 Å². The summed E-state index contributed by atoms with van der Waals surface area (Å²) in [6.07, 6.45) is 1.98. The van der Waals surface area contributed by atoms with Gasteiger partial charge in [0.15, 0.2) is 0 Å². The first-order valence-corrected chi connectivity index (χ1v) is 3.72. The Kier molecular flexibility index (Phi) is 1.58. The lowest BCUT2D eigenvalue weighted by molar-refractivity contribution is -0.308. The van der Waals surface area contributed by atoms with Gasteiger partial charge in [-0.2, -0.15) is 0 Å². The highest BCUT2D eigenvalue weighted by atomic mass is 16.4. The minimum atomic E-state index is -1.07. The summed E-state index contributed by atoms with van der Waals surface area (Å²) in [6, 6.07) is -0.596. The second-order valence-electron chi connectivity index (χ2n) is 2.78. The van der Waals surface area contributed by atoms with Crippen LogP contribution in [0.3, 0.4) is 0 Å². The number of nitrogens with zero attached hydrogens (tertiary/aromatic N) is 1. The fourth-order valence-corrected chi connectivity index (χ4v) is 1.34. The zero-order chi connectivity index (χ0) is 8.55. The van der Waals surface area contributed by atoms with E-state index in [1.165, 1.54) is 0 Å². The number of aromatic amines is 1. The van der Waals surface area contributed by atoms with E-state index in [9.17, 15) is 9.90 Å². The van der Waals surface area contributed by atoms with Gasteiger partial charge in [-0.1, -0.05) is 0 Å². The van der Waals surface area contributed by atoms with Crippen LogP contribution in [-0.2, 0) is 17.8 Å². The third-order valence-corrected chi connectivity index (χ3v) is 2.01. The summed E-state index contributed by atoms with van der Waals surface area (Å²) < 4.78 is 0. The molecule has 0 aromatic carbocycles. The number of imidazole rings is 1. The van der Waals surface area contributed by atoms with E-state index in [2.05, 4.69) is 15.3 Å². The number of carboxylic acids is 1. The summed E-state index contributed by atoms with van der Waals surface area (Å²) in [5, 5.41) is 13.3. The van der Waals surface area contributed by atoms with Crippen molar-refractivity contribution in [3.05, 3.63) is 17.7 Å². The normalized spacial score (nSPS) is 21.8. The van der Waals surface area contributed by atoms with Crippen LogP contribution >= 0.6 is 0 Å². The molecule has 1 aromatic heterocycles. The van der Waals surface area contributed by atoms with Crippen molar-refractivity contribution in [2.45, 2.75) is 19.0 Å². The monoisotopic (exact) mass is 166 g/mol. The van der Waals surface area contributed by atoms with E-state index in [1.807, 2.05) is 0 Å². The summed E-state index contributed by atoms with van der Waals surface area (Å²) in [5.41, 5.74) is 1.79. The van der Waals surface area contributed by atoms with Gasteiger partial charge in [-0.15, -0.1) is 0 Å². The Hall–Kier alpha value is -1.36. The Bertz CT molecular complexity index is 307. The molecule has 2 heterocycles. The van der Waals surface area contributed by atoms with Crippen molar-refractivity contribution in [3.63, 3.8) is 0 Å². The first-order chi connectivity index (χ1) is 5.77. The van der Waals surface area contributed by atoms with E-state index < -0.39 is 12.0 Å². The van der Waals surface area contributed by atoms with Crippen molar-refractivity contribution in [1.29, 1.82) is 0 Å². The molecule has 1 aliphatic rings. The summed E-state index contributed by atoms with van der Waals surface area (Å²) in [6.45, 7) is 0.522. The Morgan fingerprint density at radius 2 is 2.58 bits per heavy atom. The molecule has 64 valence electrons. The van der Waals surface area contributed by atoms with Gasteiger partial charge in [-0.05, 0) is 0 Å². The van der Waals surface area contributed by atoms with Crippen molar-refractivity contribution in [3.8, 4) is 0 Å². The summed E-state index contributed by atoms with van der Waals surface area (Å²) in [4.78, 5) is 17.4. The maximum absolute atomic E-state index is 10.5. The molecule has 1 aliphatic heterocycles. The molecular formula is C7H8N3O2-. The molecule has 0 saturated heterocycles. The Morgan fingerprint density at radius 3 is 3.33 bits per heavy atom. The van der Waals surface area contributed by atoms with Gasteiger partial charge in [0.05, 0.1) is 29.7 Å². The number of carbonyl (C=O) groups excluding carboxylic acids is 1. The van der Waals surface area contributed by atoms with Gasteiger partial charge in [0.1, 0.15) is 0 Å². The first-order valence-electron chi connectivity index (χ1n) is 3.72. The number of carboxylic acid groups (broad SMARTS) is 1. The van der Waals surface area contributed by atoms with Crippen molar-refractivity contribution in [2.75, 3.05) is 0 Å². The maximum Gasteiger partial charge on any atom is 0.0925 e. The average Bonchev–Trinajstić information content (AvgIpc) is 2.49. The van der Waals surface area contributed by atoms with Gasteiger partial charge in [0.2, 0.25) is 0 Å². The van der Waals surface area contributed by atoms with Crippen molar-refractivity contribution in [1.82, 2.24) is 15.3 Å². The predicted octanol–water partition coefficient (Wildman–Crippen LogP) is -1.83. The van der Waals surface area contributed by atoms with Crippen LogP contribution in [0.25, 0.3) is 0 Å². The van der Waals surface area contributed by atoms with Crippen LogP contribution in [0.2, 0.25) is 0 Å². The number of nitrogens with one attached hydrogen (secondary N) is 2. The molecule has 0 aliphatic carbocycles. The zero-order valence-corrected chi connectivity index (χ0v) is 6.33. The summed E-state index contributed by atoms with van der Waals surface area (Å²) >= 11 is 0. The average molecular weight is 166 g/mol. The minimum absolute atomic E-state index is 0.404. The summed E-state index contributed by atoms with van der Waals surface area (Å²) in [5.74, 6) is -1.07. The molecule has 1 unspecified atom stereocenters. The molecular weight excluding hydrogens is 158 g/mol. The van der Waals surface area contributed by atoms with Crippen molar-refractivity contribution in [2.24, 2.45) is 0 Å². The lowest BCUT2D eigenvalue weighted by Crippen LogP contribution is -2.48. The molecule has 5 heteroatoms. The molecule has 0 spiro atoms. The molecule has 2 rings (SSSR count). The molecule has 12 heavy (non-hydrogen) atoms. The first kappa shape index (κ1) is 7.30. The molecule has 0 saturated carbocycles. The van der Waals surface area contributed by atoms with Crippen LogP contribution in [0.4, 0.5) is 0 Å². The van der Waals surface area contributed by atoms with E-state index >= 15 is 0 Å². The number of aromatic nitrogens is 2. The minimum Gasteiger partial charge on any atom is -0.548 e. The molecule has 0 bridgehead atoms. The second-order valence-corrected chi connectivity index (χ2v) is 2.78. The third-order valence-electron chi connectivity index (χ3n) is 2.01. The van der Waals surface area contributed by atoms with Crippen LogP contribution < -0.4 is 10.4 Å². The lowest BCUT2D eigenvalue weighted by atomic mass is 10.1. The topological polar surface area (TPSA) is 80.8 Å². The van der Waals surface area contributed by atoms with Gasteiger partial charge >= 0.3 is 0 Å². The van der Waals surface area contributed by atoms with Gasteiger partial charge in [-0.3, -0.25) is 0 Å². The van der Waals surface area contributed by atoms with Crippen LogP contribution in [-0.4, -0.2) is 22.0 Å². The number of hydrogen-bond donors (Lipinski definition) is 2. The highest BCUT2D eigenvalue weighted by molar-refractivity contribution is 5.72. The molecule has 0 fully saturated rings. The zero-order valence-electron chi connectivity index (χ0n) is 6.33. The highest BCUT2D eigenvalue weighted by Gasteiger charge is 2.19. The highest BCUT2D eigenvalue weighted by Crippen LogP contribution is 2.11. The number of hydrogen-bond acceptors (Lipinski definition) is 4. The quantitative estimate of drug-likeness (QED) is 0.514. The molecule has 0 radical (unpaired) electrons. The fourth-order valence-electron chi connectivity index (χ4n) is 1.34. The van der Waals surface area contributed by atoms with E-state index in [1.54, 1.807) is 6.33 Å². The van der Waals surface area contributed by atoms with E-state index in [4.69, 9.17) is 0 Å². The Balaban J connectivity index is 2.20. The predicted molar refractivity (Wildman–Crippen MR) is 37.9 cm³/mol. The van der Waals surface area contributed by atoms with Crippen LogP contribution in [0.5, 0.6) is 0 Å². The van der Waals surface area contributed by atoms with E-state index in [0.29, 0.717) is 13.0 Å². The summed E-state index contributed by atoms with van der Waals surface area (Å²) in [7, 11) is 0. The maximum atomic E-state index is 10.5. The lowest BCUT2D eigenvalue weighted by Gasteiger charge is -2.23. The van der Waals surface area contributed by atoms with Gasteiger partial charge < -0.3 is 20.2 Å². The molecule has 1 atom stereocenters. The molecule has 2 N–H and O–H groups in total. The van der Waals surface area contributed by atoms with Gasteiger partial charge in [-0.25, -0.2) is 4.98 Å². The Morgan fingerprint density at radius 1 is 1.75 bits per heavy atom. The second kappa shape index (κ2) is 2.60. The third kappa shape index (κ3) is 1.08. The van der Waals surface area contributed by atoms with Crippen LogP contribution in [0, 0.1) is 0 Å². The van der Waals surface area contributed by atoms with Gasteiger partial charge in [0.25, 0.3) is 0 Å². The number of aliphatic carboxylic acids is 1. The van der Waals surface area contributed by atoms with Crippen LogP contribution in [0.1, 0.15) is 11.4 Å². The smallest absolute Gasteiger partial charge is 0.0925 e. The molecule has 5 nitrogen and oxygen atoms in total. The molecule has 0 amide bonds. The SMILES string of the molecule is O=C([O-])C1Cc2nc[nH]c2CN1. The molecule has 1 aromatic rings. The number of rotatable bonds is 1. The number of fused-ring (bicyclic) bond motifs is 1. The standard InChI is InChI=1S/C7H9N3O2/c11-7(12)5-1-4-6(2-8-5)10-3-9-4/h3,5,8H,1-2H2,(H,9,10)(H,11,12)/p-1. The Labute approximate surface area is 68.8 Å². The largest absolute Gasteiger partial charge is 0.548 e. The van der Waals surface area contributed by atoms with Crippen molar-refractivity contribution < 1.29 is 9.90 Å². The number of carbonyl (C=O) groups is 1. The number of H-pyrrole nitrogens is 1. The fraction of sp³-hybridized carbons (Fsp3) is 0.429. The van der Waals surface area contributed by atoms with E-state index in [0.717, 1.165) is 11.4 Å². The van der Waals surface area contributed by atoms with Gasteiger partial charge in [0, 0.05) is 13.0 Å². The van der Waals surface area contributed by atoms with Crippen molar-refractivity contribution >= 4 is 5.97 Å².